The van der Waals surface area contributed by atoms with Crippen molar-refractivity contribution < 1.29 is 9.53 Å². The van der Waals surface area contributed by atoms with Crippen LogP contribution >= 0.6 is 24.0 Å². The number of ether oxygens (including phenoxy) is 1. The largest absolute Gasteiger partial charge is 0.450 e. The molecular formula is C18H38IN5O2. The summed E-state index contributed by atoms with van der Waals surface area (Å²) in [5.41, 5.74) is 0. The number of piperazine rings is 1. The summed E-state index contributed by atoms with van der Waals surface area (Å²) in [6, 6.07) is 1.13. The number of aliphatic imine (C=N–C) groups is 1. The third kappa shape index (κ3) is 8.28. The first-order valence-electron chi connectivity index (χ1n) is 9.53. The van der Waals surface area contributed by atoms with Crippen LogP contribution in [0.1, 0.15) is 41.0 Å². The SMILES string of the molecule is CCOC(=O)N1CCN(C(=NC)NCCCN(C(C)C)C(C)C)CC1.I. The van der Waals surface area contributed by atoms with E-state index in [2.05, 4.69) is 47.8 Å². The van der Waals surface area contributed by atoms with Crippen LogP contribution in [-0.2, 0) is 4.74 Å². The van der Waals surface area contributed by atoms with Gasteiger partial charge in [-0.05, 0) is 41.0 Å². The quantitative estimate of drug-likeness (QED) is 0.261. The molecule has 0 aromatic rings. The molecule has 0 spiro atoms. The Labute approximate surface area is 176 Å². The molecule has 0 aromatic carbocycles. The van der Waals surface area contributed by atoms with Gasteiger partial charge in [0, 0.05) is 58.4 Å². The molecule has 1 heterocycles. The maximum atomic E-state index is 11.8. The predicted molar refractivity (Wildman–Crippen MR) is 119 cm³/mol. The van der Waals surface area contributed by atoms with Crippen molar-refractivity contribution in [1.29, 1.82) is 0 Å². The third-order valence-corrected chi connectivity index (χ3v) is 4.52. The van der Waals surface area contributed by atoms with Gasteiger partial charge in [-0.15, -0.1) is 24.0 Å². The molecule has 7 nitrogen and oxygen atoms in total. The molecule has 1 N–H and O–H groups in total. The predicted octanol–water partition coefficient (Wildman–Crippen LogP) is 2.46. The van der Waals surface area contributed by atoms with E-state index in [1.807, 2.05) is 14.0 Å². The lowest BCUT2D eigenvalue weighted by Crippen LogP contribution is -2.54. The monoisotopic (exact) mass is 483 g/mol. The number of guanidine groups is 1. The van der Waals surface area contributed by atoms with E-state index < -0.39 is 0 Å². The molecule has 1 rings (SSSR count). The topological polar surface area (TPSA) is 60.4 Å². The van der Waals surface area contributed by atoms with Crippen LogP contribution in [0.5, 0.6) is 0 Å². The average molecular weight is 483 g/mol. The summed E-state index contributed by atoms with van der Waals surface area (Å²) in [4.78, 5) is 22.6. The molecule has 8 heteroatoms. The molecule has 0 saturated carbocycles. The Morgan fingerprint density at radius 2 is 1.65 bits per heavy atom. The van der Waals surface area contributed by atoms with E-state index in [4.69, 9.17) is 4.74 Å². The zero-order valence-corrected chi connectivity index (χ0v) is 19.7. The maximum absolute atomic E-state index is 11.8. The van der Waals surface area contributed by atoms with Gasteiger partial charge in [0.15, 0.2) is 5.96 Å². The van der Waals surface area contributed by atoms with Crippen LogP contribution in [0.4, 0.5) is 4.79 Å². The lowest BCUT2D eigenvalue weighted by atomic mass is 10.2. The summed E-state index contributed by atoms with van der Waals surface area (Å²) in [5.74, 6) is 0.921. The number of rotatable bonds is 7. The number of amides is 1. The van der Waals surface area contributed by atoms with Crippen molar-refractivity contribution in [2.45, 2.75) is 53.1 Å². The van der Waals surface area contributed by atoms with Gasteiger partial charge in [0.1, 0.15) is 0 Å². The summed E-state index contributed by atoms with van der Waals surface area (Å²) >= 11 is 0. The molecule has 1 fully saturated rings. The summed E-state index contributed by atoms with van der Waals surface area (Å²) in [7, 11) is 1.81. The fourth-order valence-electron chi connectivity index (χ4n) is 3.22. The fourth-order valence-corrected chi connectivity index (χ4v) is 3.22. The molecule has 0 aromatic heterocycles. The Bertz CT molecular complexity index is 416. The summed E-state index contributed by atoms with van der Waals surface area (Å²) in [5, 5.41) is 3.46. The van der Waals surface area contributed by atoms with Crippen molar-refractivity contribution in [3.05, 3.63) is 0 Å². The van der Waals surface area contributed by atoms with Crippen molar-refractivity contribution in [2.75, 3.05) is 52.9 Å². The van der Waals surface area contributed by atoms with Gasteiger partial charge in [-0.3, -0.25) is 9.89 Å². The Balaban J connectivity index is 0.00000625. The van der Waals surface area contributed by atoms with Gasteiger partial charge in [-0.2, -0.15) is 0 Å². The van der Waals surface area contributed by atoms with E-state index in [0.717, 1.165) is 38.6 Å². The van der Waals surface area contributed by atoms with Crippen molar-refractivity contribution in [1.82, 2.24) is 20.0 Å². The first-order chi connectivity index (χ1) is 11.9. The van der Waals surface area contributed by atoms with Gasteiger partial charge in [0.25, 0.3) is 0 Å². The number of carbonyl (C=O) groups excluding carboxylic acids is 1. The van der Waals surface area contributed by atoms with Crippen LogP contribution in [0.2, 0.25) is 0 Å². The van der Waals surface area contributed by atoms with Gasteiger partial charge < -0.3 is 19.9 Å². The second kappa shape index (κ2) is 13.4. The number of carbonyl (C=O) groups is 1. The molecular weight excluding hydrogens is 445 g/mol. The van der Waals surface area contributed by atoms with Gasteiger partial charge in [0.05, 0.1) is 6.61 Å². The maximum Gasteiger partial charge on any atom is 0.409 e. The minimum atomic E-state index is -0.215. The molecule has 0 bridgehead atoms. The van der Waals surface area contributed by atoms with Crippen LogP contribution in [0.3, 0.4) is 0 Å². The van der Waals surface area contributed by atoms with E-state index in [9.17, 15) is 4.79 Å². The minimum Gasteiger partial charge on any atom is -0.450 e. The molecule has 26 heavy (non-hydrogen) atoms. The molecule has 0 aliphatic carbocycles. The number of hydrogen-bond acceptors (Lipinski definition) is 4. The molecule has 1 aliphatic heterocycles. The molecule has 0 unspecified atom stereocenters. The first-order valence-corrected chi connectivity index (χ1v) is 9.53. The number of hydrogen-bond donors (Lipinski definition) is 1. The Morgan fingerprint density at radius 3 is 2.12 bits per heavy atom. The zero-order chi connectivity index (χ0) is 18.8. The van der Waals surface area contributed by atoms with E-state index in [-0.39, 0.29) is 30.1 Å². The van der Waals surface area contributed by atoms with Gasteiger partial charge in [-0.25, -0.2) is 4.79 Å². The summed E-state index contributed by atoms with van der Waals surface area (Å²) in [6.45, 7) is 16.1. The van der Waals surface area contributed by atoms with Crippen molar-refractivity contribution in [2.24, 2.45) is 4.99 Å². The Hall–Kier alpha value is -0.770. The highest BCUT2D eigenvalue weighted by Crippen LogP contribution is 2.06. The fraction of sp³-hybridized carbons (Fsp3) is 0.889. The summed E-state index contributed by atoms with van der Waals surface area (Å²) < 4.78 is 5.06. The average Bonchev–Trinajstić information content (AvgIpc) is 2.58. The smallest absolute Gasteiger partial charge is 0.409 e. The number of nitrogens with zero attached hydrogens (tertiary/aromatic N) is 4. The lowest BCUT2D eigenvalue weighted by molar-refractivity contribution is 0.0914. The summed E-state index contributed by atoms with van der Waals surface area (Å²) in [6.07, 6.45) is 0.866. The molecule has 0 radical (unpaired) electrons. The first kappa shape index (κ1) is 25.2. The second-order valence-corrected chi connectivity index (χ2v) is 6.93. The molecule has 1 aliphatic rings. The molecule has 0 atom stereocenters. The van der Waals surface area contributed by atoms with Crippen molar-refractivity contribution in [3.63, 3.8) is 0 Å². The second-order valence-electron chi connectivity index (χ2n) is 6.93. The highest BCUT2D eigenvalue weighted by Gasteiger charge is 2.23. The van der Waals surface area contributed by atoms with E-state index in [0.29, 0.717) is 31.8 Å². The van der Waals surface area contributed by atoms with E-state index in [1.54, 1.807) is 4.90 Å². The normalized spacial score (nSPS) is 15.5. The number of halogens is 1. The lowest BCUT2D eigenvalue weighted by Gasteiger charge is -2.36. The van der Waals surface area contributed by atoms with E-state index >= 15 is 0 Å². The highest BCUT2D eigenvalue weighted by molar-refractivity contribution is 14.0. The van der Waals surface area contributed by atoms with Crippen LogP contribution in [0, 0.1) is 0 Å². The van der Waals surface area contributed by atoms with Crippen LogP contribution in [0.15, 0.2) is 4.99 Å². The van der Waals surface area contributed by atoms with E-state index in [1.165, 1.54) is 0 Å². The van der Waals surface area contributed by atoms with Crippen molar-refractivity contribution in [3.8, 4) is 0 Å². The van der Waals surface area contributed by atoms with Crippen LogP contribution in [0.25, 0.3) is 0 Å². The van der Waals surface area contributed by atoms with Crippen molar-refractivity contribution >= 4 is 36.0 Å². The zero-order valence-electron chi connectivity index (χ0n) is 17.3. The minimum absolute atomic E-state index is 0. The number of nitrogens with one attached hydrogen (secondary N) is 1. The van der Waals surface area contributed by atoms with Gasteiger partial charge >= 0.3 is 6.09 Å². The Morgan fingerprint density at radius 1 is 1.12 bits per heavy atom. The molecule has 154 valence electrons. The van der Waals surface area contributed by atoms with Crippen LogP contribution < -0.4 is 5.32 Å². The molecule has 1 amide bonds. The van der Waals surface area contributed by atoms with Gasteiger partial charge in [0.2, 0.25) is 0 Å². The third-order valence-electron chi connectivity index (χ3n) is 4.52. The highest BCUT2D eigenvalue weighted by atomic mass is 127. The standard InChI is InChI=1S/C18H37N5O2.HI/c1-7-25-18(24)22-13-11-21(12-14-22)17(19-6)20-9-8-10-23(15(2)3)16(4)5;/h15-16H,7-14H2,1-6H3,(H,19,20);1H. The molecule has 1 saturated heterocycles. The van der Waals surface area contributed by atoms with Crippen LogP contribution in [-0.4, -0.2) is 91.8 Å². The Kier molecular flexibility index (Phi) is 13.0. The van der Waals surface area contributed by atoms with Gasteiger partial charge in [-0.1, -0.05) is 0 Å².